The fourth-order valence-corrected chi connectivity index (χ4v) is 5.41. The summed E-state index contributed by atoms with van der Waals surface area (Å²) in [4.78, 5) is 0. The van der Waals surface area contributed by atoms with Crippen LogP contribution >= 0.6 is 11.8 Å². The highest BCUT2D eigenvalue weighted by Gasteiger charge is 2.34. The van der Waals surface area contributed by atoms with E-state index in [0.29, 0.717) is 0 Å². The van der Waals surface area contributed by atoms with Crippen LogP contribution in [0.4, 0.5) is 0 Å². The van der Waals surface area contributed by atoms with Gasteiger partial charge in [0.05, 0.1) is 0 Å². The fraction of sp³-hybridized carbons (Fsp3) is 1.00. The van der Waals surface area contributed by atoms with E-state index in [-0.39, 0.29) is 0 Å². The molecule has 5 unspecified atom stereocenters. The molecule has 1 saturated heterocycles. The van der Waals surface area contributed by atoms with E-state index in [1.807, 2.05) is 0 Å². The molecule has 2 aliphatic rings. The standard InChI is InChI=1S/C17H33NS/c1-4-10-18-17(16-7-5-6-11-19-16)15-9-8-13(2)14(3)12-15/h13-18H,4-12H2,1-3H3. The lowest BCUT2D eigenvalue weighted by Gasteiger charge is -2.41. The van der Waals surface area contributed by atoms with Crippen LogP contribution in [-0.2, 0) is 0 Å². The van der Waals surface area contributed by atoms with Crippen LogP contribution in [-0.4, -0.2) is 23.6 Å². The quantitative estimate of drug-likeness (QED) is 0.784. The Balaban J connectivity index is 1.95. The average Bonchev–Trinajstić information content (AvgIpc) is 2.44. The zero-order valence-electron chi connectivity index (χ0n) is 13.2. The van der Waals surface area contributed by atoms with Crippen LogP contribution in [0.5, 0.6) is 0 Å². The van der Waals surface area contributed by atoms with Crippen LogP contribution in [0.1, 0.15) is 65.7 Å². The number of rotatable bonds is 5. The second-order valence-corrected chi connectivity index (χ2v) is 8.26. The van der Waals surface area contributed by atoms with E-state index >= 15 is 0 Å². The van der Waals surface area contributed by atoms with Gasteiger partial charge in [-0.2, -0.15) is 11.8 Å². The van der Waals surface area contributed by atoms with E-state index in [9.17, 15) is 0 Å². The van der Waals surface area contributed by atoms with E-state index in [1.165, 1.54) is 57.2 Å². The number of hydrogen-bond acceptors (Lipinski definition) is 2. The topological polar surface area (TPSA) is 12.0 Å². The van der Waals surface area contributed by atoms with Crippen molar-refractivity contribution >= 4 is 11.8 Å². The smallest absolute Gasteiger partial charge is 0.0214 e. The van der Waals surface area contributed by atoms with Crippen molar-refractivity contribution in [3.05, 3.63) is 0 Å². The first-order chi connectivity index (χ1) is 9.22. The van der Waals surface area contributed by atoms with Gasteiger partial charge in [0.15, 0.2) is 0 Å². The van der Waals surface area contributed by atoms with Gasteiger partial charge in [-0.3, -0.25) is 0 Å². The highest BCUT2D eigenvalue weighted by molar-refractivity contribution is 8.00. The predicted molar refractivity (Wildman–Crippen MR) is 87.8 cm³/mol. The minimum Gasteiger partial charge on any atom is -0.313 e. The monoisotopic (exact) mass is 283 g/mol. The molecule has 0 aromatic heterocycles. The number of nitrogens with one attached hydrogen (secondary N) is 1. The van der Waals surface area contributed by atoms with Gasteiger partial charge >= 0.3 is 0 Å². The first-order valence-electron chi connectivity index (χ1n) is 8.57. The van der Waals surface area contributed by atoms with Crippen LogP contribution in [0, 0.1) is 17.8 Å². The summed E-state index contributed by atoms with van der Waals surface area (Å²) in [6.07, 6.45) is 10.00. The third-order valence-electron chi connectivity index (χ3n) is 5.39. The van der Waals surface area contributed by atoms with Crippen molar-refractivity contribution < 1.29 is 0 Å². The summed E-state index contributed by atoms with van der Waals surface area (Å²) in [5.74, 6) is 4.21. The summed E-state index contributed by atoms with van der Waals surface area (Å²) < 4.78 is 0. The molecule has 0 aromatic rings. The SMILES string of the molecule is CCCNC(C1CCC(C)C(C)C1)C1CCCCS1. The minimum atomic E-state index is 0.792. The molecule has 112 valence electrons. The molecule has 2 fully saturated rings. The Morgan fingerprint density at radius 2 is 1.95 bits per heavy atom. The first-order valence-corrected chi connectivity index (χ1v) is 9.62. The molecule has 19 heavy (non-hydrogen) atoms. The molecule has 5 atom stereocenters. The normalized spacial score (nSPS) is 38.1. The van der Waals surface area contributed by atoms with Crippen molar-refractivity contribution in [3.8, 4) is 0 Å². The van der Waals surface area contributed by atoms with E-state index < -0.39 is 0 Å². The Bertz CT molecular complexity index is 250. The lowest BCUT2D eigenvalue weighted by Crippen LogP contribution is -2.47. The first kappa shape index (κ1) is 15.7. The van der Waals surface area contributed by atoms with E-state index in [2.05, 4.69) is 37.8 Å². The molecular weight excluding hydrogens is 250 g/mol. The Kier molecular flexibility index (Phi) is 6.55. The van der Waals surface area contributed by atoms with Crippen molar-refractivity contribution in [2.75, 3.05) is 12.3 Å². The van der Waals surface area contributed by atoms with E-state index in [0.717, 1.165) is 29.0 Å². The van der Waals surface area contributed by atoms with Crippen molar-refractivity contribution in [2.45, 2.75) is 77.0 Å². The Morgan fingerprint density at radius 3 is 2.58 bits per heavy atom. The zero-order chi connectivity index (χ0) is 13.7. The summed E-state index contributed by atoms with van der Waals surface area (Å²) in [5, 5.41) is 4.82. The zero-order valence-corrected chi connectivity index (χ0v) is 14.0. The molecule has 1 saturated carbocycles. The van der Waals surface area contributed by atoms with Crippen molar-refractivity contribution in [1.29, 1.82) is 0 Å². The lowest BCUT2D eigenvalue weighted by atomic mass is 9.72. The van der Waals surface area contributed by atoms with Crippen molar-refractivity contribution in [2.24, 2.45) is 17.8 Å². The molecule has 0 spiro atoms. The van der Waals surface area contributed by atoms with Gasteiger partial charge in [-0.05, 0) is 62.2 Å². The molecule has 1 aliphatic carbocycles. The number of thioether (sulfide) groups is 1. The molecular formula is C17H33NS. The Labute approximate surface area is 124 Å². The maximum atomic E-state index is 3.92. The summed E-state index contributed by atoms with van der Waals surface area (Å²) in [5.41, 5.74) is 0. The highest BCUT2D eigenvalue weighted by atomic mass is 32.2. The van der Waals surface area contributed by atoms with Gasteiger partial charge in [0, 0.05) is 11.3 Å². The Morgan fingerprint density at radius 1 is 1.11 bits per heavy atom. The van der Waals surface area contributed by atoms with Crippen molar-refractivity contribution in [3.63, 3.8) is 0 Å². The molecule has 2 rings (SSSR count). The largest absolute Gasteiger partial charge is 0.313 e. The van der Waals surface area contributed by atoms with Crippen LogP contribution < -0.4 is 5.32 Å². The summed E-state index contributed by atoms with van der Waals surface area (Å²) >= 11 is 2.25. The van der Waals surface area contributed by atoms with Gasteiger partial charge in [0.2, 0.25) is 0 Å². The van der Waals surface area contributed by atoms with Gasteiger partial charge in [0.1, 0.15) is 0 Å². The molecule has 0 bridgehead atoms. The van der Waals surface area contributed by atoms with Gasteiger partial charge in [-0.25, -0.2) is 0 Å². The molecule has 1 heterocycles. The van der Waals surface area contributed by atoms with Crippen LogP contribution in [0.2, 0.25) is 0 Å². The maximum absolute atomic E-state index is 3.92. The van der Waals surface area contributed by atoms with Gasteiger partial charge in [-0.15, -0.1) is 0 Å². The molecule has 2 heteroatoms. The number of hydrogen-bond donors (Lipinski definition) is 1. The molecule has 1 nitrogen and oxygen atoms in total. The van der Waals surface area contributed by atoms with Crippen LogP contribution in [0.3, 0.4) is 0 Å². The van der Waals surface area contributed by atoms with Crippen LogP contribution in [0.15, 0.2) is 0 Å². The lowest BCUT2D eigenvalue weighted by molar-refractivity contribution is 0.166. The summed E-state index contributed by atoms with van der Waals surface area (Å²) in [7, 11) is 0. The van der Waals surface area contributed by atoms with Gasteiger partial charge in [-0.1, -0.05) is 33.6 Å². The predicted octanol–water partition coefficient (Wildman–Crippen LogP) is 4.71. The molecule has 0 amide bonds. The highest BCUT2D eigenvalue weighted by Crippen LogP contribution is 2.39. The maximum Gasteiger partial charge on any atom is 0.0214 e. The van der Waals surface area contributed by atoms with E-state index in [1.54, 1.807) is 0 Å². The third kappa shape index (κ3) is 4.39. The minimum absolute atomic E-state index is 0.792. The molecule has 0 radical (unpaired) electrons. The van der Waals surface area contributed by atoms with Crippen molar-refractivity contribution in [1.82, 2.24) is 5.32 Å². The van der Waals surface area contributed by atoms with Crippen LogP contribution in [0.25, 0.3) is 0 Å². The average molecular weight is 284 g/mol. The second kappa shape index (κ2) is 7.93. The summed E-state index contributed by atoms with van der Waals surface area (Å²) in [6, 6.07) is 0.792. The third-order valence-corrected chi connectivity index (χ3v) is 6.87. The molecule has 1 N–H and O–H groups in total. The summed E-state index contributed by atoms with van der Waals surface area (Å²) in [6.45, 7) is 8.43. The Hall–Kier alpha value is 0.310. The van der Waals surface area contributed by atoms with E-state index in [4.69, 9.17) is 0 Å². The van der Waals surface area contributed by atoms with Gasteiger partial charge in [0.25, 0.3) is 0 Å². The second-order valence-electron chi connectivity index (χ2n) is 6.91. The fourth-order valence-electron chi connectivity index (χ4n) is 3.88. The van der Waals surface area contributed by atoms with Gasteiger partial charge < -0.3 is 5.32 Å². The molecule has 0 aromatic carbocycles. The molecule has 1 aliphatic heterocycles.